The standard InChI is InChI=1S/C28H44O4/c1-24(2,3)15-13-16(25(4,5)6)20-19(15)22(30)28(23(31)32-20)18(27(10,11)12)14-17(21(28)29)26(7,8)9/h15-18H,13-14H2,1-12H3/t15-,16-,17+,18-,28-/m0/s1. The lowest BCUT2D eigenvalue weighted by molar-refractivity contribution is -0.168. The van der Waals surface area contributed by atoms with Gasteiger partial charge in [0.15, 0.2) is 17.0 Å². The Labute approximate surface area is 194 Å². The van der Waals surface area contributed by atoms with Gasteiger partial charge in [0, 0.05) is 17.4 Å². The fourth-order valence-corrected chi connectivity index (χ4v) is 6.46. The van der Waals surface area contributed by atoms with Gasteiger partial charge in [-0.1, -0.05) is 83.1 Å². The zero-order chi connectivity index (χ0) is 24.8. The molecule has 0 aromatic carbocycles. The monoisotopic (exact) mass is 444 g/mol. The lowest BCUT2D eigenvalue weighted by Gasteiger charge is -2.42. The maximum atomic E-state index is 14.5. The molecule has 2 aliphatic carbocycles. The quantitative estimate of drug-likeness (QED) is 0.321. The third kappa shape index (κ3) is 3.51. The highest BCUT2D eigenvalue weighted by atomic mass is 16.5. The Morgan fingerprint density at radius 3 is 1.53 bits per heavy atom. The predicted octanol–water partition coefficient (Wildman–Crippen LogP) is 6.38. The first kappa shape index (κ1) is 25.2. The fourth-order valence-electron chi connectivity index (χ4n) is 6.46. The van der Waals surface area contributed by atoms with Crippen LogP contribution in [0.1, 0.15) is 95.9 Å². The van der Waals surface area contributed by atoms with Crippen LogP contribution in [0.5, 0.6) is 0 Å². The largest absolute Gasteiger partial charge is 0.429 e. The lowest BCUT2D eigenvalue weighted by Crippen LogP contribution is -2.56. The minimum atomic E-state index is -1.72. The summed E-state index contributed by atoms with van der Waals surface area (Å²) in [6.45, 7) is 25.0. The van der Waals surface area contributed by atoms with E-state index >= 15 is 0 Å². The summed E-state index contributed by atoms with van der Waals surface area (Å²) in [5, 5.41) is 0. The Bertz CT molecular complexity index is 878. The second-order valence-electron chi connectivity index (χ2n) is 14.8. The summed E-state index contributed by atoms with van der Waals surface area (Å²) in [5.41, 5.74) is -2.14. The van der Waals surface area contributed by atoms with Crippen molar-refractivity contribution in [2.45, 2.75) is 95.9 Å². The summed E-state index contributed by atoms with van der Waals surface area (Å²) in [6, 6.07) is 0. The Balaban J connectivity index is 2.29. The smallest absolute Gasteiger partial charge is 0.333 e. The normalized spacial score (nSPS) is 34.4. The van der Waals surface area contributed by atoms with Gasteiger partial charge in [0.2, 0.25) is 0 Å². The van der Waals surface area contributed by atoms with Crippen LogP contribution in [0.15, 0.2) is 11.3 Å². The highest BCUT2D eigenvalue weighted by Gasteiger charge is 2.72. The highest BCUT2D eigenvalue weighted by molar-refractivity contribution is 6.30. The number of hydrogen-bond acceptors (Lipinski definition) is 4. The van der Waals surface area contributed by atoms with Gasteiger partial charge in [-0.15, -0.1) is 0 Å². The van der Waals surface area contributed by atoms with E-state index in [1.165, 1.54) is 0 Å². The third-order valence-electron chi connectivity index (χ3n) is 8.41. The summed E-state index contributed by atoms with van der Waals surface area (Å²) < 4.78 is 6.14. The van der Waals surface area contributed by atoms with Crippen LogP contribution >= 0.6 is 0 Å². The molecule has 0 aromatic heterocycles. The molecule has 3 rings (SSSR count). The Morgan fingerprint density at radius 1 is 0.656 bits per heavy atom. The molecular weight excluding hydrogens is 400 g/mol. The van der Waals surface area contributed by atoms with Crippen LogP contribution in [-0.4, -0.2) is 17.5 Å². The molecule has 4 nitrogen and oxygen atoms in total. The maximum Gasteiger partial charge on any atom is 0.333 e. The zero-order valence-electron chi connectivity index (χ0n) is 22.4. The van der Waals surface area contributed by atoms with Gasteiger partial charge in [0.1, 0.15) is 5.76 Å². The van der Waals surface area contributed by atoms with E-state index in [2.05, 4.69) is 41.5 Å². The van der Waals surface area contributed by atoms with Crippen molar-refractivity contribution in [1.82, 2.24) is 0 Å². The molecule has 4 heteroatoms. The molecule has 0 saturated heterocycles. The van der Waals surface area contributed by atoms with Crippen molar-refractivity contribution in [3.8, 4) is 0 Å². The van der Waals surface area contributed by atoms with Crippen LogP contribution in [0.3, 0.4) is 0 Å². The number of rotatable bonds is 0. The predicted molar refractivity (Wildman–Crippen MR) is 127 cm³/mol. The van der Waals surface area contributed by atoms with Crippen LogP contribution in [0.4, 0.5) is 0 Å². The van der Waals surface area contributed by atoms with Crippen LogP contribution in [-0.2, 0) is 19.1 Å². The van der Waals surface area contributed by atoms with E-state index in [1.807, 2.05) is 41.5 Å². The molecule has 0 bridgehead atoms. The van der Waals surface area contributed by atoms with E-state index < -0.39 is 11.4 Å². The number of ether oxygens (including phenoxy) is 1. The molecule has 3 aliphatic rings. The third-order valence-corrected chi connectivity index (χ3v) is 8.41. The highest BCUT2D eigenvalue weighted by Crippen LogP contribution is 2.63. The molecule has 1 fully saturated rings. The number of Topliss-reactive ketones (excluding diaryl/α,β-unsaturated/α-hetero) is 2. The molecular formula is C28H44O4. The molecule has 0 amide bonds. The molecule has 0 aromatic rings. The number of esters is 1. The number of carbonyl (C=O) groups excluding carboxylic acids is 3. The molecule has 1 saturated carbocycles. The van der Waals surface area contributed by atoms with E-state index in [1.54, 1.807) is 0 Å². The molecule has 0 N–H and O–H groups in total. The number of ketones is 2. The van der Waals surface area contributed by atoms with Crippen molar-refractivity contribution in [3.05, 3.63) is 11.3 Å². The second-order valence-corrected chi connectivity index (χ2v) is 14.8. The van der Waals surface area contributed by atoms with Crippen molar-refractivity contribution in [2.24, 2.45) is 50.7 Å². The van der Waals surface area contributed by atoms with E-state index in [4.69, 9.17) is 4.74 Å². The molecule has 1 heterocycles. The van der Waals surface area contributed by atoms with Crippen LogP contribution in [0.25, 0.3) is 0 Å². The minimum absolute atomic E-state index is 0.0185. The first-order valence-corrected chi connectivity index (χ1v) is 12.2. The molecule has 0 unspecified atom stereocenters. The summed E-state index contributed by atoms with van der Waals surface area (Å²) in [4.78, 5) is 42.5. The molecule has 0 radical (unpaired) electrons. The maximum absolute atomic E-state index is 14.5. The van der Waals surface area contributed by atoms with Crippen LogP contribution in [0, 0.1) is 50.7 Å². The van der Waals surface area contributed by atoms with Gasteiger partial charge in [-0.05, 0) is 46.3 Å². The lowest BCUT2D eigenvalue weighted by atomic mass is 9.60. The molecule has 5 atom stereocenters. The van der Waals surface area contributed by atoms with E-state index in [0.29, 0.717) is 17.8 Å². The number of carbonyl (C=O) groups is 3. The summed E-state index contributed by atoms with van der Waals surface area (Å²) >= 11 is 0. The van der Waals surface area contributed by atoms with Crippen molar-refractivity contribution in [1.29, 1.82) is 0 Å². The van der Waals surface area contributed by atoms with Gasteiger partial charge >= 0.3 is 5.97 Å². The molecule has 1 aliphatic heterocycles. The molecule has 32 heavy (non-hydrogen) atoms. The topological polar surface area (TPSA) is 60.4 Å². The zero-order valence-corrected chi connectivity index (χ0v) is 22.4. The summed E-state index contributed by atoms with van der Waals surface area (Å²) in [7, 11) is 0. The van der Waals surface area contributed by atoms with Gasteiger partial charge in [-0.25, -0.2) is 0 Å². The number of allylic oxidation sites excluding steroid dienone is 2. The first-order chi connectivity index (χ1) is 14.2. The van der Waals surface area contributed by atoms with Gasteiger partial charge < -0.3 is 4.74 Å². The summed E-state index contributed by atoms with van der Waals surface area (Å²) in [5.74, 6) is -1.35. The van der Waals surface area contributed by atoms with E-state index in [0.717, 1.165) is 6.42 Å². The molecule has 1 spiro atoms. The fraction of sp³-hybridized carbons (Fsp3) is 0.821. The van der Waals surface area contributed by atoms with Gasteiger partial charge in [-0.3, -0.25) is 14.4 Å². The second kappa shape index (κ2) is 7.03. The van der Waals surface area contributed by atoms with Crippen molar-refractivity contribution < 1.29 is 19.1 Å². The molecule has 180 valence electrons. The van der Waals surface area contributed by atoms with Crippen LogP contribution in [0.2, 0.25) is 0 Å². The number of hydrogen-bond donors (Lipinski definition) is 0. The average Bonchev–Trinajstić information content (AvgIpc) is 3.08. The summed E-state index contributed by atoms with van der Waals surface area (Å²) in [6.07, 6.45) is 1.31. The van der Waals surface area contributed by atoms with Crippen LogP contribution < -0.4 is 0 Å². The average molecular weight is 445 g/mol. The minimum Gasteiger partial charge on any atom is -0.429 e. The Morgan fingerprint density at radius 2 is 1.12 bits per heavy atom. The van der Waals surface area contributed by atoms with Gasteiger partial charge in [0.25, 0.3) is 0 Å². The first-order valence-electron chi connectivity index (χ1n) is 12.2. The van der Waals surface area contributed by atoms with Crippen molar-refractivity contribution >= 4 is 17.5 Å². The SMILES string of the molecule is CC(C)(C)[C@@H]1C[C@@H](C(C)(C)C)[C@]2(C(=O)OC3=C(C2=O)[C@@H](C(C)(C)C)C[C@@H]3C(C)(C)C)C1=O. The van der Waals surface area contributed by atoms with Crippen molar-refractivity contribution in [3.63, 3.8) is 0 Å². The Kier molecular flexibility index (Phi) is 5.53. The van der Waals surface area contributed by atoms with E-state index in [-0.39, 0.29) is 56.9 Å². The van der Waals surface area contributed by atoms with Gasteiger partial charge in [0.05, 0.1) is 0 Å². The Hall–Kier alpha value is -1.45. The van der Waals surface area contributed by atoms with Crippen molar-refractivity contribution in [2.75, 3.05) is 0 Å². The van der Waals surface area contributed by atoms with E-state index in [9.17, 15) is 14.4 Å². The van der Waals surface area contributed by atoms with Gasteiger partial charge in [-0.2, -0.15) is 0 Å².